The Labute approximate surface area is 115 Å². The van der Waals surface area contributed by atoms with Gasteiger partial charge in [-0.25, -0.2) is 9.97 Å². The Morgan fingerprint density at radius 2 is 2.37 bits per heavy atom. The maximum Gasteiger partial charge on any atom is 0.223 e. The van der Waals surface area contributed by atoms with Crippen molar-refractivity contribution in [3.05, 3.63) is 17.3 Å². The lowest BCUT2D eigenvalue weighted by Crippen LogP contribution is -2.25. The molecule has 1 aliphatic heterocycles. The van der Waals surface area contributed by atoms with Gasteiger partial charge in [-0.05, 0) is 24.8 Å². The van der Waals surface area contributed by atoms with Gasteiger partial charge in [-0.1, -0.05) is 0 Å². The third-order valence-corrected chi connectivity index (χ3v) is 4.03. The highest BCUT2D eigenvalue weighted by molar-refractivity contribution is 7.16. The summed E-state index contributed by atoms with van der Waals surface area (Å²) in [5.41, 5.74) is 0. The average Bonchev–Trinajstić information content (AvgIpc) is 3.00. The number of anilines is 1. The van der Waals surface area contributed by atoms with Gasteiger partial charge in [0.05, 0.1) is 11.9 Å². The van der Waals surface area contributed by atoms with Gasteiger partial charge in [0.25, 0.3) is 0 Å². The molecule has 19 heavy (non-hydrogen) atoms. The van der Waals surface area contributed by atoms with Crippen LogP contribution < -0.4 is 5.32 Å². The number of carbonyl (C=O) groups excluding carboxylic acids is 1. The summed E-state index contributed by atoms with van der Waals surface area (Å²) >= 11 is 1.61. The molecule has 1 saturated heterocycles. The first-order valence-electron chi connectivity index (χ1n) is 6.53. The Morgan fingerprint density at radius 1 is 1.47 bits per heavy atom. The van der Waals surface area contributed by atoms with Crippen LogP contribution in [0.1, 0.15) is 25.6 Å². The van der Waals surface area contributed by atoms with Gasteiger partial charge in [-0.15, -0.1) is 11.3 Å². The molecule has 6 heteroatoms. The number of amides is 1. The topological polar surface area (TPSA) is 58.1 Å². The fourth-order valence-electron chi connectivity index (χ4n) is 2.31. The van der Waals surface area contributed by atoms with Gasteiger partial charge >= 0.3 is 0 Å². The van der Waals surface area contributed by atoms with Crippen LogP contribution in [0.2, 0.25) is 0 Å². The number of likely N-dealkylation sites (tertiary alicyclic amines) is 1. The highest BCUT2D eigenvalue weighted by Crippen LogP contribution is 2.25. The Bertz CT molecular complexity index is 610. The number of aromatic nitrogens is 2. The summed E-state index contributed by atoms with van der Waals surface area (Å²) in [5, 5.41) is 6.34. The number of thiophene rings is 1. The molecule has 0 aromatic carbocycles. The second-order valence-electron chi connectivity index (χ2n) is 4.58. The van der Waals surface area contributed by atoms with E-state index in [1.807, 2.05) is 23.3 Å². The summed E-state index contributed by atoms with van der Waals surface area (Å²) in [6.07, 6.45) is 1.60. The van der Waals surface area contributed by atoms with Gasteiger partial charge in [0, 0.05) is 19.5 Å². The highest BCUT2D eigenvalue weighted by Gasteiger charge is 2.21. The van der Waals surface area contributed by atoms with E-state index < -0.39 is 0 Å². The summed E-state index contributed by atoms with van der Waals surface area (Å²) in [4.78, 5) is 23.6. The fraction of sp³-hybridized carbons (Fsp3) is 0.462. The summed E-state index contributed by atoms with van der Waals surface area (Å²) < 4.78 is 0. The van der Waals surface area contributed by atoms with E-state index in [2.05, 4.69) is 15.3 Å². The van der Waals surface area contributed by atoms with Crippen molar-refractivity contribution in [1.82, 2.24) is 14.9 Å². The van der Waals surface area contributed by atoms with E-state index in [4.69, 9.17) is 0 Å². The van der Waals surface area contributed by atoms with Gasteiger partial charge in [0.2, 0.25) is 5.91 Å². The molecule has 0 bridgehead atoms. The molecule has 1 aliphatic rings. The molecule has 0 saturated carbocycles. The van der Waals surface area contributed by atoms with Gasteiger partial charge in [0.15, 0.2) is 5.82 Å². The van der Waals surface area contributed by atoms with Gasteiger partial charge in [-0.2, -0.15) is 0 Å². The molecule has 1 fully saturated rings. The Morgan fingerprint density at radius 3 is 3.11 bits per heavy atom. The number of nitrogens with one attached hydrogen (secondary N) is 1. The molecule has 5 nitrogen and oxygen atoms in total. The van der Waals surface area contributed by atoms with E-state index in [-0.39, 0.29) is 5.91 Å². The predicted octanol–water partition coefficient (Wildman–Crippen LogP) is 2.25. The largest absolute Gasteiger partial charge is 0.370 e. The van der Waals surface area contributed by atoms with E-state index >= 15 is 0 Å². The van der Waals surface area contributed by atoms with E-state index in [9.17, 15) is 4.79 Å². The summed E-state index contributed by atoms with van der Waals surface area (Å²) in [5.74, 6) is 1.80. The second-order valence-corrected chi connectivity index (χ2v) is 5.47. The monoisotopic (exact) mass is 276 g/mol. The molecule has 3 rings (SSSR count). The van der Waals surface area contributed by atoms with Crippen molar-refractivity contribution in [3.8, 4) is 0 Å². The molecule has 1 amide bonds. The molecule has 1 N–H and O–H groups in total. The molecule has 0 aliphatic carbocycles. The number of hydrogen-bond acceptors (Lipinski definition) is 5. The Kier molecular flexibility index (Phi) is 3.33. The second kappa shape index (κ2) is 5.13. The van der Waals surface area contributed by atoms with Crippen LogP contribution in [-0.2, 0) is 11.3 Å². The van der Waals surface area contributed by atoms with Crippen LogP contribution in [-0.4, -0.2) is 33.9 Å². The zero-order chi connectivity index (χ0) is 13.2. The zero-order valence-corrected chi connectivity index (χ0v) is 11.7. The lowest BCUT2D eigenvalue weighted by molar-refractivity contribution is -0.128. The van der Waals surface area contributed by atoms with Crippen LogP contribution in [0.5, 0.6) is 0 Å². The van der Waals surface area contributed by atoms with Crippen molar-refractivity contribution < 1.29 is 4.79 Å². The van der Waals surface area contributed by atoms with Crippen molar-refractivity contribution in [1.29, 1.82) is 0 Å². The first-order valence-corrected chi connectivity index (χ1v) is 7.41. The van der Waals surface area contributed by atoms with Crippen molar-refractivity contribution in [2.75, 3.05) is 18.4 Å². The standard InChI is InChI=1S/C13H16N4OS/c1-2-14-12-9-5-7-19-13(9)16-10(15-12)8-17-6-3-4-11(17)18/h5,7H,2-4,6,8H2,1H3,(H,14,15,16). The van der Waals surface area contributed by atoms with E-state index in [1.165, 1.54) is 0 Å². The van der Waals surface area contributed by atoms with E-state index in [0.29, 0.717) is 13.0 Å². The molecular weight excluding hydrogens is 260 g/mol. The molecule has 0 radical (unpaired) electrons. The van der Waals surface area contributed by atoms with Crippen LogP contribution in [0.4, 0.5) is 5.82 Å². The van der Waals surface area contributed by atoms with Crippen molar-refractivity contribution in [2.45, 2.75) is 26.3 Å². The molecule has 2 aromatic rings. The van der Waals surface area contributed by atoms with Gasteiger partial charge < -0.3 is 10.2 Å². The molecule has 100 valence electrons. The number of nitrogens with zero attached hydrogens (tertiary/aromatic N) is 3. The highest BCUT2D eigenvalue weighted by atomic mass is 32.1. The SMILES string of the molecule is CCNc1nc(CN2CCCC2=O)nc2sccc12. The van der Waals surface area contributed by atoms with Crippen LogP contribution in [0.25, 0.3) is 10.2 Å². The Balaban J connectivity index is 1.92. The number of fused-ring (bicyclic) bond motifs is 1. The summed E-state index contributed by atoms with van der Waals surface area (Å²) in [6.45, 7) is 4.21. The van der Waals surface area contributed by atoms with Gasteiger partial charge in [0.1, 0.15) is 10.6 Å². The molecule has 2 aromatic heterocycles. The molecule has 0 spiro atoms. The zero-order valence-electron chi connectivity index (χ0n) is 10.8. The predicted molar refractivity (Wildman–Crippen MR) is 76.2 cm³/mol. The normalized spacial score (nSPS) is 15.4. The third kappa shape index (κ3) is 2.40. The molecule has 0 unspecified atom stereocenters. The maximum absolute atomic E-state index is 11.7. The van der Waals surface area contributed by atoms with E-state index in [0.717, 1.165) is 41.4 Å². The minimum absolute atomic E-state index is 0.208. The van der Waals surface area contributed by atoms with Crippen LogP contribution in [0.3, 0.4) is 0 Å². The lowest BCUT2D eigenvalue weighted by Gasteiger charge is -2.15. The van der Waals surface area contributed by atoms with Crippen molar-refractivity contribution >= 4 is 33.3 Å². The maximum atomic E-state index is 11.7. The fourth-order valence-corrected chi connectivity index (χ4v) is 3.10. The average molecular weight is 276 g/mol. The van der Waals surface area contributed by atoms with Crippen molar-refractivity contribution in [2.24, 2.45) is 0 Å². The first-order chi connectivity index (χ1) is 9.28. The van der Waals surface area contributed by atoms with Crippen molar-refractivity contribution in [3.63, 3.8) is 0 Å². The van der Waals surface area contributed by atoms with Gasteiger partial charge in [-0.3, -0.25) is 4.79 Å². The Hall–Kier alpha value is -1.69. The molecular formula is C13H16N4OS. The molecule has 0 atom stereocenters. The summed E-state index contributed by atoms with van der Waals surface area (Å²) in [7, 11) is 0. The number of carbonyl (C=O) groups is 1. The van der Waals surface area contributed by atoms with E-state index in [1.54, 1.807) is 11.3 Å². The minimum Gasteiger partial charge on any atom is -0.370 e. The van der Waals surface area contributed by atoms with Crippen LogP contribution >= 0.6 is 11.3 Å². The first kappa shape index (κ1) is 12.3. The molecule has 3 heterocycles. The minimum atomic E-state index is 0.208. The number of rotatable bonds is 4. The summed E-state index contributed by atoms with van der Waals surface area (Å²) in [6, 6.07) is 2.03. The number of hydrogen-bond donors (Lipinski definition) is 1. The van der Waals surface area contributed by atoms with Crippen LogP contribution in [0.15, 0.2) is 11.4 Å². The smallest absolute Gasteiger partial charge is 0.223 e. The quantitative estimate of drug-likeness (QED) is 0.930. The third-order valence-electron chi connectivity index (χ3n) is 3.22. The van der Waals surface area contributed by atoms with Crippen LogP contribution in [0, 0.1) is 0 Å². The lowest BCUT2D eigenvalue weighted by atomic mass is 10.3.